The molecule has 3 aromatic carbocycles. The molecular formula is C25H22N4O3S. The number of aromatic nitrogens is 2. The summed E-state index contributed by atoms with van der Waals surface area (Å²) in [6, 6.07) is 24.2. The van der Waals surface area contributed by atoms with Gasteiger partial charge in [0.2, 0.25) is 5.95 Å². The number of nitrogens with zero attached hydrogens (tertiary/aromatic N) is 3. The van der Waals surface area contributed by atoms with E-state index in [2.05, 4.69) is 15.3 Å². The summed E-state index contributed by atoms with van der Waals surface area (Å²) in [5, 5.41) is 2.83. The average molecular weight is 459 g/mol. The molecule has 166 valence electrons. The van der Waals surface area contributed by atoms with E-state index in [9.17, 15) is 13.2 Å². The monoisotopic (exact) mass is 458 g/mol. The molecule has 0 atom stereocenters. The van der Waals surface area contributed by atoms with Crippen LogP contribution in [0.25, 0.3) is 0 Å². The van der Waals surface area contributed by atoms with Crippen molar-refractivity contribution in [2.24, 2.45) is 0 Å². The van der Waals surface area contributed by atoms with E-state index in [1.54, 1.807) is 66.7 Å². The summed E-state index contributed by atoms with van der Waals surface area (Å²) in [7, 11) is -3.91. The van der Waals surface area contributed by atoms with Crippen LogP contribution in [0.15, 0.2) is 102 Å². The van der Waals surface area contributed by atoms with Gasteiger partial charge in [-0.3, -0.25) is 4.79 Å². The number of para-hydroxylation sites is 1. The van der Waals surface area contributed by atoms with Crippen LogP contribution in [0.3, 0.4) is 0 Å². The molecule has 0 saturated carbocycles. The van der Waals surface area contributed by atoms with Crippen molar-refractivity contribution < 1.29 is 13.2 Å². The van der Waals surface area contributed by atoms with Gasteiger partial charge in [-0.15, -0.1) is 0 Å². The molecule has 33 heavy (non-hydrogen) atoms. The molecule has 1 heterocycles. The number of nitrogens with one attached hydrogen (secondary N) is 1. The van der Waals surface area contributed by atoms with Gasteiger partial charge < -0.3 is 5.32 Å². The molecule has 0 bridgehead atoms. The highest BCUT2D eigenvalue weighted by Gasteiger charge is 2.27. The van der Waals surface area contributed by atoms with E-state index in [4.69, 9.17) is 0 Å². The van der Waals surface area contributed by atoms with E-state index in [0.717, 1.165) is 9.87 Å². The highest BCUT2D eigenvalue weighted by molar-refractivity contribution is 7.92. The molecule has 1 N–H and O–H groups in total. The van der Waals surface area contributed by atoms with Crippen LogP contribution in [0.4, 0.5) is 11.6 Å². The SMILES string of the molecule is Cc1ccc(S(=O)(=O)N(Cc2ccc(C(=O)Nc3ccccc3)cc2)c2ncccn2)cc1. The van der Waals surface area contributed by atoms with E-state index in [0.29, 0.717) is 16.8 Å². The summed E-state index contributed by atoms with van der Waals surface area (Å²) < 4.78 is 28.0. The third kappa shape index (κ3) is 5.24. The third-order valence-electron chi connectivity index (χ3n) is 4.96. The van der Waals surface area contributed by atoms with Crippen molar-refractivity contribution in [3.05, 3.63) is 114 Å². The van der Waals surface area contributed by atoms with Gasteiger partial charge in [0, 0.05) is 23.6 Å². The molecule has 0 unspecified atom stereocenters. The Morgan fingerprint density at radius 3 is 2.12 bits per heavy atom. The molecule has 1 aromatic heterocycles. The second-order valence-corrected chi connectivity index (χ2v) is 9.25. The Kier molecular flexibility index (Phi) is 6.46. The maximum atomic E-state index is 13.4. The Balaban J connectivity index is 1.59. The number of carbonyl (C=O) groups excluding carboxylic acids is 1. The number of aryl methyl sites for hydroxylation is 1. The minimum Gasteiger partial charge on any atom is -0.322 e. The van der Waals surface area contributed by atoms with Gasteiger partial charge in [0.05, 0.1) is 11.4 Å². The summed E-state index contributed by atoms with van der Waals surface area (Å²) in [5.41, 5.74) is 2.81. The molecule has 0 aliphatic rings. The van der Waals surface area contributed by atoms with Gasteiger partial charge in [-0.05, 0) is 55.0 Å². The van der Waals surface area contributed by atoms with E-state index in [1.807, 2.05) is 25.1 Å². The summed E-state index contributed by atoms with van der Waals surface area (Å²) >= 11 is 0. The molecule has 0 spiro atoms. The van der Waals surface area contributed by atoms with Crippen LogP contribution in [0.1, 0.15) is 21.5 Å². The molecule has 4 aromatic rings. The Morgan fingerprint density at radius 1 is 0.848 bits per heavy atom. The second-order valence-electron chi connectivity index (χ2n) is 7.39. The minimum absolute atomic E-state index is 0.0147. The van der Waals surface area contributed by atoms with Crippen LogP contribution in [0.5, 0.6) is 0 Å². The number of amides is 1. The lowest BCUT2D eigenvalue weighted by atomic mass is 10.1. The lowest BCUT2D eigenvalue weighted by molar-refractivity contribution is 0.102. The fourth-order valence-electron chi connectivity index (χ4n) is 3.17. The van der Waals surface area contributed by atoms with Crippen molar-refractivity contribution in [2.75, 3.05) is 9.62 Å². The standard InChI is InChI=1S/C25H22N4O3S/c1-19-8-14-23(15-9-19)33(31,32)29(25-26-16-5-17-27-25)18-20-10-12-21(13-11-20)24(30)28-22-6-3-2-4-7-22/h2-17H,18H2,1H3,(H,28,30). The molecule has 0 fully saturated rings. The Hall–Kier alpha value is -4.04. The molecule has 7 nitrogen and oxygen atoms in total. The number of benzene rings is 3. The van der Waals surface area contributed by atoms with Crippen LogP contribution in [-0.2, 0) is 16.6 Å². The van der Waals surface area contributed by atoms with Gasteiger partial charge in [0.25, 0.3) is 15.9 Å². The Bertz CT molecular complexity index is 1330. The van der Waals surface area contributed by atoms with Crippen LogP contribution in [0, 0.1) is 6.92 Å². The summed E-state index contributed by atoms with van der Waals surface area (Å²) in [6.07, 6.45) is 2.99. The molecule has 0 aliphatic carbocycles. The van der Waals surface area contributed by atoms with Crippen molar-refractivity contribution in [2.45, 2.75) is 18.4 Å². The number of anilines is 2. The summed E-state index contributed by atoms with van der Waals surface area (Å²) in [6.45, 7) is 1.91. The summed E-state index contributed by atoms with van der Waals surface area (Å²) in [4.78, 5) is 21.0. The Labute approximate surface area is 192 Å². The number of rotatable bonds is 7. The van der Waals surface area contributed by atoms with Crippen molar-refractivity contribution >= 4 is 27.6 Å². The van der Waals surface area contributed by atoms with Crippen molar-refractivity contribution in [1.82, 2.24) is 9.97 Å². The van der Waals surface area contributed by atoms with Crippen LogP contribution in [-0.4, -0.2) is 24.3 Å². The normalized spacial score (nSPS) is 11.1. The number of hydrogen-bond acceptors (Lipinski definition) is 5. The lowest BCUT2D eigenvalue weighted by Gasteiger charge is -2.22. The van der Waals surface area contributed by atoms with E-state index < -0.39 is 10.0 Å². The minimum atomic E-state index is -3.91. The number of carbonyl (C=O) groups is 1. The zero-order valence-corrected chi connectivity index (χ0v) is 18.7. The highest BCUT2D eigenvalue weighted by Crippen LogP contribution is 2.23. The van der Waals surface area contributed by atoms with Crippen LogP contribution < -0.4 is 9.62 Å². The fraction of sp³-hybridized carbons (Fsp3) is 0.0800. The van der Waals surface area contributed by atoms with E-state index >= 15 is 0 Å². The maximum Gasteiger partial charge on any atom is 0.266 e. The highest BCUT2D eigenvalue weighted by atomic mass is 32.2. The van der Waals surface area contributed by atoms with Crippen LogP contribution >= 0.6 is 0 Å². The molecule has 4 rings (SSSR count). The van der Waals surface area contributed by atoms with E-state index in [-0.39, 0.29) is 23.3 Å². The van der Waals surface area contributed by atoms with Crippen LogP contribution in [0.2, 0.25) is 0 Å². The topological polar surface area (TPSA) is 92.3 Å². The molecule has 1 amide bonds. The first-order valence-corrected chi connectivity index (χ1v) is 11.7. The van der Waals surface area contributed by atoms with Gasteiger partial charge in [-0.1, -0.05) is 48.0 Å². The first kappa shape index (κ1) is 22.2. The smallest absolute Gasteiger partial charge is 0.266 e. The molecule has 0 aliphatic heterocycles. The molecule has 0 saturated heterocycles. The predicted octanol–water partition coefficient (Wildman–Crippen LogP) is 4.43. The predicted molar refractivity (Wildman–Crippen MR) is 127 cm³/mol. The average Bonchev–Trinajstić information content (AvgIpc) is 2.84. The first-order valence-electron chi connectivity index (χ1n) is 10.3. The second kappa shape index (κ2) is 9.62. The van der Waals surface area contributed by atoms with Gasteiger partial charge in [0.15, 0.2) is 0 Å². The third-order valence-corrected chi connectivity index (χ3v) is 6.70. The van der Waals surface area contributed by atoms with Gasteiger partial charge in [0.1, 0.15) is 0 Å². The molecule has 8 heteroatoms. The summed E-state index contributed by atoms with van der Waals surface area (Å²) in [5.74, 6) is -0.174. The van der Waals surface area contributed by atoms with E-state index in [1.165, 1.54) is 12.4 Å². The Morgan fingerprint density at radius 2 is 1.48 bits per heavy atom. The molecular weight excluding hydrogens is 436 g/mol. The first-order chi connectivity index (χ1) is 15.9. The zero-order valence-electron chi connectivity index (χ0n) is 17.9. The van der Waals surface area contributed by atoms with Gasteiger partial charge in [-0.2, -0.15) is 0 Å². The zero-order chi connectivity index (χ0) is 23.3. The van der Waals surface area contributed by atoms with Crippen molar-refractivity contribution in [3.8, 4) is 0 Å². The quantitative estimate of drug-likeness (QED) is 0.442. The van der Waals surface area contributed by atoms with Gasteiger partial charge in [-0.25, -0.2) is 22.7 Å². The number of hydrogen-bond donors (Lipinski definition) is 1. The van der Waals surface area contributed by atoms with Crippen molar-refractivity contribution in [3.63, 3.8) is 0 Å². The number of sulfonamides is 1. The molecule has 0 radical (unpaired) electrons. The lowest BCUT2D eigenvalue weighted by Crippen LogP contribution is -2.32. The van der Waals surface area contributed by atoms with Crippen molar-refractivity contribution in [1.29, 1.82) is 0 Å². The van der Waals surface area contributed by atoms with Gasteiger partial charge >= 0.3 is 0 Å². The maximum absolute atomic E-state index is 13.4. The fourth-order valence-corrected chi connectivity index (χ4v) is 4.54. The largest absolute Gasteiger partial charge is 0.322 e.